The molecule has 0 saturated heterocycles. The molecule has 224 valence electrons. The maximum atomic E-state index is 12.7. The third-order valence-corrected chi connectivity index (χ3v) is 14.0. The SMILES string of the molecule is Cc1ccc(S(=O)(=O)OC[C@@H](C)[C@H](C)CC[C@@H](C)[C@H]2CC[C@H]3[C@@H]4CC=C5C[C@@H](O)CC[C@]5(C)[C@H]4CC[C@]23C)cc1. The molecule has 3 fully saturated rings. The van der Waals surface area contributed by atoms with Crippen molar-refractivity contribution in [3.63, 3.8) is 0 Å². The van der Waals surface area contributed by atoms with Crippen molar-refractivity contribution >= 4 is 10.1 Å². The Hall–Kier alpha value is -1.17. The second kappa shape index (κ2) is 11.5. The topological polar surface area (TPSA) is 63.6 Å². The zero-order chi connectivity index (χ0) is 28.9. The highest BCUT2D eigenvalue weighted by molar-refractivity contribution is 7.86. The summed E-state index contributed by atoms with van der Waals surface area (Å²) >= 11 is 0. The molecule has 3 saturated carbocycles. The smallest absolute Gasteiger partial charge is 0.296 e. The summed E-state index contributed by atoms with van der Waals surface area (Å²) in [6, 6.07) is 6.89. The van der Waals surface area contributed by atoms with Gasteiger partial charge in [-0.1, -0.05) is 76.8 Å². The fourth-order valence-corrected chi connectivity index (χ4v) is 10.8. The second-order valence-electron chi connectivity index (χ2n) is 14.9. The summed E-state index contributed by atoms with van der Waals surface area (Å²) in [6.45, 7) is 14.2. The van der Waals surface area contributed by atoms with E-state index in [2.05, 4.69) is 40.7 Å². The fourth-order valence-electron chi connectivity index (χ4n) is 9.76. The van der Waals surface area contributed by atoms with Gasteiger partial charge in [0.2, 0.25) is 0 Å². The molecule has 1 aromatic carbocycles. The average Bonchev–Trinajstić information content (AvgIpc) is 3.28. The second-order valence-corrected chi connectivity index (χ2v) is 16.6. The number of benzene rings is 1. The summed E-state index contributed by atoms with van der Waals surface area (Å²) in [5.41, 5.74) is 3.36. The third kappa shape index (κ3) is 5.61. The highest BCUT2D eigenvalue weighted by atomic mass is 32.2. The Morgan fingerprint density at radius 3 is 2.40 bits per heavy atom. The van der Waals surface area contributed by atoms with Gasteiger partial charge in [-0.05, 0) is 123 Å². The molecule has 4 aliphatic carbocycles. The summed E-state index contributed by atoms with van der Waals surface area (Å²) in [5.74, 6) is 4.51. The molecule has 4 nitrogen and oxygen atoms in total. The number of allylic oxidation sites excluding steroid dienone is 1. The molecule has 10 atom stereocenters. The first-order chi connectivity index (χ1) is 18.8. The molecule has 0 amide bonds. The largest absolute Gasteiger partial charge is 0.393 e. The standard InChI is InChI=1S/C35H54O4S/c1-23-7-12-29(13-8-23)40(37,38)39-22-26(4)24(2)9-10-25(3)31-15-16-32-30-14-11-27-21-28(36)17-19-34(27,5)33(30)18-20-35(31,32)6/h7-8,11-13,24-26,28,30-33,36H,9-10,14-22H2,1-6H3/t24-,25-,26-,28+,30+,31-,32+,33+,34+,35-/m1/s1. The van der Waals surface area contributed by atoms with E-state index in [1.165, 1.54) is 38.5 Å². The number of hydrogen-bond acceptors (Lipinski definition) is 4. The lowest BCUT2D eigenvalue weighted by Gasteiger charge is -2.58. The van der Waals surface area contributed by atoms with E-state index in [4.69, 9.17) is 4.18 Å². The van der Waals surface area contributed by atoms with Gasteiger partial charge >= 0.3 is 0 Å². The zero-order valence-corrected chi connectivity index (χ0v) is 26.7. The first-order valence-corrected chi connectivity index (χ1v) is 17.6. The van der Waals surface area contributed by atoms with Crippen molar-refractivity contribution in [3.8, 4) is 0 Å². The van der Waals surface area contributed by atoms with Gasteiger partial charge in [0, 0.05) is 0 Å². The van der Waals surface area contributed by atoms with Crippen LogP contribution in [0.4, 0.5) is 0 Å². The van der Waals surface area contributed by atoms with Crippen LogP contribution < -0.4 is 0 Å². The minimum absolute atomic E-state index is 0.129. The molecular weight excluding hydrogens is 516 g/mol. The first kappa shape index (κ1) is 30.3. The van der Waals surface area contributed by atoms with Gasteiger partial charge in [0.05, 0.1) is 17.6 Å². The van der Waals surface area contributed by atoms with Gasteiger partial charge in [0.1, 0.15) is 0 Å². The highest BCUT2D eigenvalue weighted by Gasteiger charge is 2.59. The van der Waals surface area contributed by atoms with E-state index in [0.717, 1.165) is 54.9 Å². The quantitative estimate of drug-likeness (QED) is 0.239. The van der Waals surface area contributed by atoms with E-state index in [0.29, 0.717) is 22.7 Å². The predicted molar refractivity (Wildman–Crippen MR) is 162 cm³/mol. The lowest BCUT2D eigenvalue weighted by molar-refractivity contribution is -0.0575. The molecule has 4 aliphatic rings. The third-order valence-electron chi connectivity index (χ3n) is 12.7. The van der Waals surface area contributed by atoms with E-state index in [1.54, 1.807) is 17.7 Å². The maximum Gasteiger partial charge on any atom is 0.296 e. The van der Waals surface area contributed by atoms with Crippen LogP contribution in [0.1, 0.15) is 104 Å². The van der Waals surface area contributed by atoms with Crippen LogP contribution in [0.3, 0.4) is 0 Å². The van der Waals surface area contributed by atoms with Crippen molar-refractivity contribution in [2.45, 2.75) is 117 Å². The van der Waals surface area contributed by atoms with E-state index in [1.807, 2.05) is 19.1 Å². The molecule has 0 aliphatic heterocycles. The number of fused-ring (bicyclic) bond motifs is 5. The molecule has 0 aromatic heterocycles. The Morgan fingerprint density at radius 1 is 0.950 bits per heavy atom. The summed E-state index contributed by atoms with van der Waals surface area (Å²) < 4.78 is 30.8. The number of aryl methyl sites for hydroxylation is 1. The minimum atomic E-state index is -3.71. The Bertz CT molecular complexity index is 1170. The van der Waals surface area contributed by atoms with Crippen molar-refractivity contribution in [1.29, 1.82) is 0 Å². The lowest BCUT2D eigenvalue weighted by atomic mass is 9.47. The molecule has 0 unspecified atom stereocenters. The summed E-state index contributed by atoms with van der Waals surface area (Å²) in [7, 11) is -3.71. The molecule has 0 bridgehead atoms. The Labute approximate surface area is 244 Å². The molecule has 5 rings (SSSR count). The summed E-state index contributed by atoms with van der Waals surface area (Å²) in [6.07, 6.45) is 14.5. The maximum absolute atomic E-state index is 12.7. The van der Waals surface area contributed by atoms with Gasteiger partial charge in [0.15, 0.2) is 0 Å². The van der Waals surface area contributed by atoms with Crippen LogP contribution in [0, 0.1) is 59.2 Å². The van der Waals surface area contributed by atoms with Gasteiger partial charge in [-0.3, -0.25) is 4.18 Å². The lowest BCUT2D eigenvalue weighted by Crippen LogP contribution is -2.50. The van der Waals surface area contributed by atoms with Crippen LogP contribution in [0.15, 0.2) is 40.8 Å². The van der Waals surface area contributed by atoms with Crippen molar-refractivity contribution in [1.82, 2.24) is 0 Å². The van der Waals surface area contributed by atoms with Crippen LogP contribution in [-0.2, 0) is 14.3 Å². The molecular formula is C35H54O4S. The van der Waals surface area contributed by atoms with Gasteiger partial charge in [-0.15, -0.1) is 0 Å². The van der Waals surface area contributed by atoms with Crippen LogP contribution in [0.5, 0.6) is 0 Å². The fraction of sp³-hybridized carbons (Fsp3) is 0.771. The van der Waals surface area contributed by atoms with E-state index in [9.17, 15) is 13.5 Å². The predicted octanol–water partition coefficient (Wildman–Crippen LogP) is 8.33. The van der Waals surface area contributed by atoms with Crippen molar-refractivity contribution < 1.29 is 17.7 Å². The van der Waals surface area contributed by atoms with E-state index < -0.39 is 10.1 Å². The molecule has 40 heavy (non-hydrogen) atoms. The van der Waals surface area contributed by atoms with Crippen molar-refractivity contribution in [3.05, 3.63) is 41.5 Å². The van der Waals surface area contributed by atoms with Crippen molar-refractivity contribution in [2.24, 2.45) is 52.3 Å². The van der Waals surface area contributed by atoms with Crippen LogP contribution in [-0.4, -0.2) is 26.2 Å². The van der Waals surface area contributed by atoms with Gasteiger partial charge in [-0.25, -0.2) is 0 Å². The summed E-state index contributed by atoms with van der Waals surface area (Å²) in [5, 5.41) is 10.3. The Kier molecular flexibility index (Phi) is 8.70. The number of aliphatic hydroxyl groups excluding tert-OH is 1. The van der Waals surface area contributed by atoms with Gasteiger partial charge in [0.25, 0.3) is 10.1 Å². The zero-order valence-electron chi connectivity index (χ0n) is 25.9. The molecule has 0 spiro atoms. The average molecular weight is 571 g/mol. The van der Waals surface area contributed by atoms with E-state index in [-0.39, 0.29) is 23.5 Å². The van der Waals surface area contributed by atoms with Gasteiger partial charge in [-0.2, -0.15) is 8.42 Å². The Morgan fingerprint density at radius 2 is 1.68 bits per heavy atom. The van der Waals surface area contributed by atoms with Crippen molar-refractivity contribution in [2.75, 3.05) is 6.61 Å². The molecule has 1 N–H and O–H groups in total. The molecule has 1 aromatic rings. The van der Waals surface area contributed by atoms with Crippen LogP contribution in [0.25, 0.3) is 0 Å². The first-order valence-electron chi connectivity index (χ1n) is 16.2. The van der Waals surface area contributed by atoms with Crippen LogP contribution in [0.2, 0.25) is 0 Å². The van der Waals surface area contributed by atoms with E-state index >= 15 is 0 Å². The van der Waals surface area contributed by atoms with Gasteiger partial charge < -0.3 is 5.11 Å². The number of aliphatic hydroxyl groups is 1. The normalized spacial score (nSPS) is 38.0. The number of rotatable bonds is 9. The molecule has 5 heteroatoms. The molecule has 0 heterocycles. The van der Waals surface area contributed by atoms with Crippen LogP contribution >= 0.6 is 0 Å². The summed E-state index contributed by atoms with van der Waals surface area (Å²) in [4.78, 5) is 0.241. The monoisotopic (exact) mass is 570 g/mol. The molecule has 0 radical (unpaired) electrons. The highest BCUT2D eigenvalue weighted by Crippen LogP contribution is 2.67. The Balaban J connectivity index is 1.15. The number of hydrogen-bond donors (Lipinski definition) is 1. The minimum Gasteiger partial charge on any atom is -0.393 e.